The van der Waals surface area contributed by atoms with Gasteiger partial charge in [-0.3, -0.25) is 14.4 Å². The van der Waals surface area contributed by atoms with E-state index < -0.39 is 0 Å². The van der Waals surface area contributed by atoms with Gasteiger partial charge in [-0.05, 0) is 65.5 Å². The van der Waals surface area contributed by atoms with Crippen LogP contribution in [-0.4, -0.2) is 59.9 Å². The predicted octanol–water partition coefficient (Wildman–Crippen LogP) is 3.74. The topological polar surface area (TPSA) is 63.5 Å². The van der Waals surface area contributed by atoms with Gasteiger partial charge in [0.25, 0.3) is 5.91 Å². The summed E-state index contributed by atoms with van der Waals surface area (Å²) in [6.07, 6.45) is 0.851. The van der Waals surface area contributed by atoms with E-state index in [0.29, 0.717) is 23.9 Å². The smallest absolute Gasteiger partial charge is 0.278 e. The molecule has 0 aliphatic heterocycles. The van der Waals surface area contributed by atoms with Crippen LogP contribution in [0, 0.1) is 13.8 Å². The summed E-state index contributed by atoms with van der Waals surface area (Å²) < 4.78 is 8.30. The van der Waals surface area contributed by atoms with Gasteiger partial charge in [-0.2, -0.15) is 5.10 Å². The highest BCUT2D eigenvalue weighted by molar-refractivity contribution is 7.22. The lowest BCUT2D eigenvalue weighted by Crippen LogP contribution is -2.34. The van der Waals surface area contributed by atoms with Gasteiger partial charge in [0.05, 0.1) is 17.5 Å². The first-order valence-corrected chi connectivity index (χ1v) is 10.6. The molecule has 0 aliphatic rings. The maximum absolute atomic E-state index is 13.5. The number of hydrogen-bond acceptors (Lipinski definition) is 6. The van der Waals surface area contributed by atoms with Crippen molar-refractivity contribution < 1.29 is 9.53 Å². The zero-order chi connectivity index (χ0) is 21.1. The van der Waals surface area contributed by atoms with Crippen molar-refractivity contribution in [3.63, 3.8) is 0 Å². The Kier molecular flexibility index (Phi) is 6.54. The molecule has 0 bridgehead atoms. The summed E-state index contributed by atoms with van der Waals surface area (Å²) in [7, 11) is 5.72. The van der Waals surface area contributed by atoms with Crippen LogP contribution in [0.25, 0.3) is 10.2 Å². The van der Waals surface area contributed by atoms with Gasteiger partial charge < -0.3 is 9.64 Å². The van der Waals surface area contributed by atoms with E-state index in [4.69, 9.17) is 9.72 Å². The van der Waals surface area contributed by atoms with Crippen LogP contribution in [0.5, 0.6) is 5.75 Å². The molecule has 0 fully saturated rings. The van der Waals surface area contributed by atoms with E-state index in [9.17, 15) is 4.79 Å². The largest absolute Gasteiger partial charge is 0.494 e. The van der Waals surface area contributed by atoms with E-state index in [1.54, 1.807) is 16.7 Å². The number of aryl methyl sites for hydroxylation is 3. The molecule has 0 spiro atoms. The lowest BCUT2D eigenvalue weighted by molar-refractivity contribution is 0.0975. The monoisotopic (exact) mass is 415 g/mol. The standard InChI is InChI=1S/C21H29N5O2S/c1-7-26-16(13-15(3)23-26)20(27)25(12-8-11-24(4)5)21-22-18-17(28-6)10-9-14(2)19(18)29-21/h9-10,13H,7-8,11-12H2,1-6H3. The number of amides is 1. The van der Waals surface area contributed by atoms with E-state index in [1.807, 2.05) is 46.1 Å². The minimum absolute atomic E-state index is 0.0677. The molecule has 8 heteroatoms. The van der Waals surface area contributed by atoms with Crippen LogP contribution < -0.4 is 9.64 Å². The Labute approximate surface area is 175 Å². The number of rotatable bonds is 8. The summed E-state index contributed by atoms with van der Waals surface area (Å²) in [5.74, 6) is 0.658. The zero-order valence-corrected chi connectivity index (χ0v) is 18.8. The molecule has 2 aromatic heterocycles. The van der Waals surface area contributed by atoms with E-state index in [-0.39, 0.29) is 5.91 Å². The van der Waals surface area contributed by atoms with Crippen LogP contribution in [0.3, 0.4) is 0 Å². The Hall–Kier alpha value is -2.45. The van der Waals surface area contributed by atoms with Crippen LogP contribution in [0.1, 0.15) is 35.1 Å². The Morgan fingerprint density at radius 1 is 1.24 bits per heavy atom. The number of nitrogens with zero attached hydrogens (tertiary/aromatic N) is 5. The second kappa shape index (κ2) is 8.92. The lowest BCUT2D eigenvalue weighted by atomic mass is 10.2. The summed E-state index contributed by atoms with van der Waals surface area (Å²) in [6.45, 7) is 8.08. The minimum Gasteiger partial charge on any atom is -0.494 e. The third-order valence-electron chi connectivity index (χ3n) is 4.80. The SMILES string of the molecule is CCn1nc(C)cc1C(=O)N(CCCN(C)C)c1nc2c(OC)ccc(C)c2s1. The molecule has 0 unspecified atom stereocenters. The van der Waals surface area contributed by atoms with Gasteiger partial charge in [0, 0.05) is 13.1 Å². The van der Waals surface area contributed by atoms with Crippen LogP contribution >= 0.6 is 11.3 Å². The number of benzene rings is 1. The summed E-state index contributed by atoms with van der Waals surface area (Å²) >= 11 is 1.53. The van der Waals surface area contributed by atoms with Gasteiger partial charge in [-0.1, -0.05) is 17.4 Å². The second-order valence-corrected chi connectivity index (χ2v) is 8.34. The number of methoxy groups -OCH3 is 1. The first-order chi connectivity index (χ1) is 13.8. The number of carbonyl (C=O) groups is 1. The molecule has 0 saturated heterocycles. The summed E-state index contributed by atoms with van der Waals surface area (Å²) in [6, 6.07) is 5.80. The van der Waals surface area contributed by atoms with Crippen molar-refractivity contribution in [1.29, 1.82) is 0 Å². The highest BCUT2D eigenvalue weighted by atomic mass is 32.1. The molecule has 7 nitrogen and oxygen atoms in total. The molecular weight excluding hydrogens is 386 g/mol. The quantitative estimate of drug-likeness (QED) is 0.561. The number of ether oxygens (including phenoxy) is 1. The molecule has 0 N–H and O–H groups in total. The van der Waals surface area contributed by atoms with Crippen LogP contribution in [0.2, 0.25) is 0 Å². The van der Waals surface area contributed by atoms with Crippen molar-refractivity contribution in [1.82, 2.24) is 19.7 Å². The molecule has 29 heavy (non-hydrogen) atoms. The van der Waals surface area contributed by atoms with E-state index in [2.05, 4.69) is 16.9 Å². The number of carbonyl (C=O) groups excluding carboxylic acids is 1. The molecule has 1 aromatic carbocycles. The number of hydrogen-bond donors (Lipinski definition) is 0. The Bertz CT molecular complexity index is 1010. The van der Waals surface area contributed by atoms with Gasteiger partial charge in [-0.15, -0.1) is 0 Å². The normalized spacial score (nSPS) is 11.4. The Morgan fingerprint density at radius 2 is 2.00 bits per heavy atom. The molecule has 3 aromatic rings. The maximum Gasteiger partial charge on any atom is 0.278 e. The van der Waals surface area contributed by atoms with Crippen molar-refractivity contribution in [2.24, 2.45) is 0 Å². The first kappa shape index (κ1) is 21.3. The summed E-state index contributed by atoms with van der Waals surface area (Å²) in [5.41, 5.74) is 3.36. The highest BCUT2D eigenvalue weighted by Crippen LogP contribution is 2.37. The van der Waals surface area contributed by atoms with E-state index in [1.165, 1.54) is 11.3 Å². The summed E-state index contributed by atoms with van der Waals surface area (Å²) in [5, 5.41) is 5.14. The van der Waals surface area contributed by atoms with Crippen LogP contribution in [0.4, 0.5) is 5.13 Å². The fraction of sp³-hybridized carbons (Fsp3) is 0.476. The van der Waals surface area contributed by atoms with Gasteiger partial charge in [0.2, 0.25) is 0 Å². The fourth-order valence-electron chi connectivity index (χ4n) is 3.30. The molecule has 1 amide bonds. The summed E-state index contributed by atoms with van der Waals surface area (Å²) in [4.78, 5) is 22.2. The van der Waals surface area contributed by atoms with E-state index in [0.717, 1.165) is 40.2 Å². The van der Waals surface area contributed by atoms with Crippen molar-refractivity contribution in [3.8, 4) is 5.75 Å². The highest BCUT2D eigenvalue weighted by Gasteiger charge is 2.25. The van der Waals surface area contributed by atoms with Crippen LogP contribution in [-0.2, 0) is 6.54 Å². The molecule has 0 radical (unpaired) electrons. The molecule has 0 aliphatic carbocycles. The van der Waals surface area contributed by atoms with Gasteiger partial charge in [0.15, 0.2) is 5.13 Å². The van der Waals surface area contributed by atoms with Crippen molar-refractivity contribution >= 4 is 32.6 Å². The van der Waals surface area contributed by atoms with Gasteiger partial charge >= 0.3 is 0 Å². The molecule has 0 atom stereocenters. The maximum atomic E-state index is 13.5. The van der Waals surface area contributed by atoms with E-state index >= 15 is 0 Å². The van der Waals surface area contributed by atoms with Gasteiger partial charge in [-0.25, -0.2) is 4.98 Å². The number of fused-ring (bicyclic) bond motifs is 1. The average Bonchev–Trinajstić information content (AvgIpc) is 3.29. The average molecular weight is 416 g/mol. The fourth-order valence-corrected chi connectivity index (χ4v) is 4.38. The van der Waals surface area contributed by atoms with Crippen molar-refractivity contribution in [3.05, 3.63) is 35.2 Å². The molecular formula is C21H29N5O2S. The Balaban J connectivity index is 2.04. The first-order valence-electron chi connectivity index (χ1n) is 9.80. The second-order valence-electron chi connectivity index (χ2n) is 7.36. The predicted molar refractivity (Wildman–Crippen MR) is 118 cm³/mol. The zero-order valence-electron chi connectivity index (χ0n) is 18.0. The van der Waals surface area contributed by atoms with Crippen molar-refractivity contribution in [2.45, 2.75) is 33.7 Å². The molecule has 0 saturated carbocycles. The van der Waals surface area contributed by atoms with Crippen LogP contribution in [0.15, 0.2) is 18.2 Å². The molecule has 156 valence electrons. The number of anilines is 1. The lowest BCUT2D eigenvalue weighted by Gasteiger charge is -2.21. The minimum atomic E-state index is -0.0677. The van der Waals surface area contributed by atoms with Crippen molar-refractivity contribution in [2.75, 3.05) is 39.2 Å². The third kappa shape index (κ3) is 4.43. The Morgan fingerprint density at radius 3 is 2.66 bits per heavy atom. The third-order valence-corrected chi connectivity index (χ3v) is 6.01. The molecule has 3 rings (SSSR count). The number of aromatic nitrogens is 3. The molecule has 2 heterocycles. The number of thiazole rings is 1. The van der Waals surface area contributed by atoms with Gasteiger partial charge in [0.1, 0.15) is 17.0 Å².